The average Bonchev–Trinajstić information content (AvgIpc) is 2.41. The summed E-state index contributed by atoms with van der Waals surface area (Å²) in [6.07, 6.45) is 7.78. The Hall–Kier alpha value is -1.62. The number of hydrogen-bond acceptors (Lipinski definition) is 3. The van der Waals surface area contributed by atoms with Gasteiger partial charge in [0.05, 0.1) is 10.5 Å². The molecular formula is C15H19ClN2O3. The van der Waals surface area contributed by atoms with E-state index in [9.17, 15) is 14.9 Å². The SMILES string of the molecule is O=C(NC1CCCCCCC1)c1cccc([N+](=O)[O-])c1Cl. The molecule has 0 aliphatic heterocycles. The number of benzene rings is 1. The summed E-state index contributed by atoms with van der Waals surface area (Å²) < 4.78 is 0. The molecule has 5 nitrogen and oxygen atoms in total. The van der Waals surface area contributed by atoms with Gasteiger partial charge in [-0.2, -0.15) is 0 Å². The van der Waals surface area contributed by atoms with Gasteiger partial charge in [-0.05, 0) is 18.9 Å². The zero-order valence-corrected chi connectivity index (χ0v) is 12.6. The summed E-state index contributed by atoms with van der Waals surface area (Å²) in [7, 11) is 0. The van der Waals surface area contributed by atoms with Gasteiger partial charge in [0.1, 0.15) is 5.02 Å². The zero-order chi connectivity index (χ0) is 15.2. The van der Waals surface area contributed by atoms with E-state index in [1.54, 1.807) is 0 Å². The van der Waals surface area contributed by atoms with Gasteiger partial charge in [-0.3, -0.25) is 14.9 Å². The molecule has 114 valence electrons. The number of nitrogens with one attached hydrogen (secondary N) is 1. The third-order valence-corrected chi connectivity index (χ3v) is 4.26. The summed E-state index contributed by atoms with van der Waals surface area (Å²) in [5.74, 6) is -0.325. The number of halogens is 1. The number of carbonyl (C=O) groups excluding carboxylic acids is 1. The van der Waals surface area contributed by atoms with Crippen LogP contribution in [0.3, 0.4) is 0 Å². The van der Waals surface area contributed by atoms with Crippen molar-refractivity contribution in [2.24, 2.45) is 0 Å². The highest BCUT2D eigenvalue weighted by Crippen LogP contribution is 2.28. The summed E-state index contributed by atoms with van der Waals surface area (Å²) in [4.78, 5) is 22.6. The van der Waals surface area contributed by atoms with Crippen LogP contribution in [0, 0.1) is 10.1 Å². The highest BCUT2D eigenvalue weighted by Gasteiger charge is 2.22. The molecule has 0 radical (unpaired) electrons. The van der Waals surface area contributed by atoms with Gasteiger partial charge in [0.25, 0.3) is 11.6 Å². The zero-order valence-electron chi connectivity index (χ0n) is 11.8. The van der Waals surface area contributed by atoms with E-state index in [2.05, 4.69) is 5.32 Å². The highest BCUT2D eigenvalue weighted by molar-refractivity contribution is 6.35. The quantitative estimate of drug-likeness (QED) is 0.675. The van der Waals surface area contributed by atoms with Crippen molar-refractivity contribution in [3.63, 3.8) is 0 Å². The van der Waals surface area contributed by atoms with Gasteiger partial charge in [-0.25, -0.2) is 0 Å². The lowest BCUT2D eigenvalue weighted by Gasteiger charge is -2.21. The second kappa shape index (κ2) is 7.41. The van der Waals surface area contributed by atoms with E-state index in [1.807, 2.05) is 0 Å². The van der Waals surface area contributed by atoms with E-state index >= 15 is 0 Å². The van der Waals surface area contributed by atoms with Gasteiger partial charge >= 0.3 is 0 Å². The molecule has 0 saturated heterocycles. The summed E-state index contributed by atoms with van der Waals surface area (Å²) in [6.45, 7) is 0. The van der Waals surface area contributed by atoms with Crippen LogP contribution in [0.2, 0.25) is 5.02 Å². The molecule has 1 aromatic rings. The van der Waals surface area contributed by atoms with Crippen molar-refractivity contribution in [3.8, 4) is 0 Å². The monoisotopic (exact) mass is 310 g/mol. The molecule has 6 heteroatoms. The number of nitro groups is 1. The first-order valence-corrected chi connectivity index (χ1v) is 7.71. The molecule has 1 aromatic carbocycles. The van der Waals surface area contributed by atoms with Crippen LogP contribution in [-0.2, 0) is 0 Å². The van der Waals surface area contributed by atoms with Crippen molar-refractivity contribution >= 4 is 23.2 Å². The van der Waals surface area contributed by atoms with Crippen LogP contribution in [0.25, 0.3) is 0 Å². The summed E-state index contributed by atoms with van der Waals surface area (Å²) >= 11 is 5.97. The van der Waals surface area contributed by atoms with Crippen LogP contribution < -0.4 is 5.32 Å². The van der Waals surface area contributed by atoms with Crippen LogP contribution in [0.1, 0.15) is 55.3 Å². The number of hydrogen-bond donors (Lipinski definition) is 1. The summed E-state index contributed by atoms with van der Waals surface area (Å²) in [5.41, 5.74) is -0.0603. The fourth-order valence-corrected chi connectivity index (χ4v) is 2.98. The topological polar surface area (TPSA) is 72.2 Å². The Labute approximate surface area is 128 Å². The first-order valence-electron chi connectivity index (χ1n) is 7.33. The molecule has 1 aliphatic carbocycles. The molecule has 0 bridgehead atoms. The van der Waals surface area contributed by atoms with E-state index in [1.165, 1.54) is 37.5 Å². The van der Waals surface area contributed by atoms with Crippen molar-refractivity contribution in [1.82, 2.24) is 5.32 Å². The minimum Gasteiger partial charge on any atom is -0.349 e. The Bertz CT molecular complexity index is 526. The number of rotatable bonds is 3. The fourth-order valence-electron chi connectivity index (χ4n) is 2.70. The molecule has 1 N–H and O–H groups in total. The Morgan fingerprint density at radius 2 is 1.81 bits per heavy atom. The highest BCUT2D eigenvalue weighted by atomic mass is 35.5. The smallest absolute Gasteiger partial charge is 0.288 e. The predicted molar refractivity (Wildman–Crippen MR) is 81.7 cm³/mol. The minimum absolute atomic E-state index is 0.0918. The third-order valence-electron chi connectivity index (χ3n) is 3.86. The lowest BCUT2D eigenvalue weighted by Crippen LogP contribution is -2.35. The molecular weight excluding hydrogens is 292 g/mol. The lowest BCUT2D eigenvalue weighted by molar-refractivity contribution is -0.384. The van der Waals surface area contributed by atoms with Crippen LogP contribution in [-0.4, -0.2) is 16.9 Å². The summed E-state index contributed by atoms with van der Waals surface area (Å²) in [6, 6.07) is 4.44. The maximum atomic E-state index is 12.3. The van der Waals surface area contributed by atoms with Crippen molar-refractivity contribution in [1.29, 1.82) is 0 Å². The van der Waals surface area contributed by atoms with Crippen molar-refractivity contribution in [3.05, 3.63) is 38.9 Å². The predicted octanol–water partition coefficient (Wildman–Crippen LogP) is 4.09. The number of amides is 1. The number of nitro benzene ring substituents is 1. The van der Waals surface area contributed by atoms with Crippen LogP contribution in [0.15, 0.2) is 18.2 Å². The fraction of sp³-hybridized carbons (Fsp3) is 0.533. The maximum absolute atomic E-state index is 12.3. The number of carbonyl (C=O) groups is 1. The summed E-state index contributed by atoms with van der Waals surface area (Å²) in [5, 5.41) is 13.7. The molecule has 0 spiro atoms. The first-order chi connectivity index (χ1) is 10.1. The Balaban J connectivity index is 2.09. The standard InChI is InChI=1S/C15H19ClN2O3/c16-14-12(9-6-10-13(14)18(20)21)15(19)17-11-7-4-2-1-3-5-8-11/h6,9-11H,1-5,7-8H2,(H,17,19). The number of nitrogens with zero attached hydrogens (tertiary/aromatic N) is 1. The minimum atomic E-state index is -0.574. The largest absolute Gasteiger partial charge is 0.349 e. The average molecular weight is 311 g/mol. The van der Waals surface area contributed by atoms with E-state index in [4.69, 9.17) is 11.6 Å². The van der Waals surface area contributed by atoms with Gasteiger partial charge < -0.3 is 5.32 Å². The molecule has 0 aromatic heterocycles. The van der Waals surface area contributed by atoms with Crippen molar-refractivity contribution in [2.45, 2.75) is 51.0 Å². The van der Waals surface area contributed by atoms with Crippen LogP contribution in [0.4, 0.5) is 5.69 Å². The molecule has 1 amide bonds. The maximum Gasteiger partial charge on any atom is 0.288 e. The van der Waals surface area contributed by atoms with E-state index in [0.717, 1.165) is 25.7 Å². The van der Waals surface area contributed by atoms with Gasteiger partial charge in [0.15, 0.2) is 0 Å². The second-order valence-electron chi connectivity index (χ2n) is 5.41. The molecule has 1 saturated carbocycles. The molecule has 0 heterocycles. The Morgan fingerprint density at radius 3 is 2.43 bits per heavy atom. The molecule has 1 aliphatic rings. The Morgan fingerprint density at radius 1 is 1.19 bits per heavy atom. The normalized spacial score (nSPS) is 16.8. The van der Waals surface area contributed by atoms with Crippen LogP contribution >= 0.6 is 11.6 Å². The van der Waals surface area contributed by atoms with Gasteiger partial charge in [-0.15, -0.1) is 0 Å². The van der Waals surface area contributed by atoms with E-state index in [0.29, 0.717) is 0 Å². The van der Waals surface area contributed by atoms with Crippen molar-refractivity contribution < 1.29 is 9.72 Å². The van der Waals surface area contributed by atoms with Gasteiger partial charge in [0, 0.05) is 12.1 Å². The molecule has 1 fully saturated rings. The molecule has 21 heavy (non-hydrogen) atoms. The van der Waals surface area contributed by atoms with E-state index in [-0.39, 0.29) is 28.2 Å². The molecule has 2 rings (SSSR count). The first kappa shape index (κ1) is 15.8. The Kier molecular flexibility index (Phi) is 5.56. The van der Waals surface area contributed by atoms with Gasteiger partial charge in [0.2, 0.25) is 0 Å². The second-order valence-corrected chi connectivity index (χ2v) is 5.79. The van der Waals surface area contributed by atoms with Crippen LogP contribution in [0.5, 0.6) is 0 Å². The molecule has 0 unspecified atom stereocenters. The lowest BCUT2D eigenvalue weighted by atomic mass is 9.96. The molecule has 0 atom stereocenters. The van der Waals surface area contributed by atoms with Crippen molar-refractivity contribution in [2.75, 3.05) is 0 Å². The van der Waals surface area contributed by atoms with E-state index < -0.39 is 4.92 Å². The van der Waals surface area contributed by atoms with Gasteiger partial charge in [-0.1, -0.05) is 49.8 Å². The third kappa shape index (κ3) is 4.17.